The van der Waals surface area contributed by atoms with Gasteiger partial charge in [0, 0.05) is 49.7 Å². The van der Waals surface area contributed by atoms with E-state index in [-0.39, 0.29) is 11.8 Å². The normalized spacial score (nSPS) is 21.3. The molecule has 0 spiro atoms. The van der Waals surface area contributed by atoms with Gasteiger partial charge >= 0.3 is 0 Å². The highest BCUT2D eigenvalue weighted by atomic mass is 16.3. The number of piperidine rings is 1. The third-order valence-corrected chi connectivity index (χ3v) is 6.18. The van der Waals surface area contributed by atoms with Crippen molar-refractivity contribution in [3.8, 4) is 0 Å². The molecule has 28 heavy (non-hydrogen) atoms. The highest BCUT2D eigenvalue weighted by Crippen LogP contribution is 2.26. The number of hydrogen-bond donors (Lipinski definition) is 0. The highest BCUT2D eigenvalue weighted by Gasteiger charge is 2.29. The van der Waals surface area contributed by atoms with Gasteiger partial charge in [0.1, 0.15) is 5.58 Å². The molecule has 0 radical (unpaired) electrons. The van der Waals surface area contributed by atoms with E-state index in [0.717, 1.165) is 49.0 Å². The molecule has 2 saturated heterocycles. The van der Waals surface area contributed by atoms with Gasteiger partial charge in [-0.15, -0.1) is 0 Å². The van der Waals surface area contributed by atoms with Crippen LogP contribution in [0.5, 0.6) is 0 Å². The van der Waals surface area contributed by atoms with Gasteiger partial charge < -0.3 is 14.2 Å². The summed E-state index contributed by atoms with van der Waals surface area (Å²) in [5.74, 6) is 0.609. The summed E-state index contributed by atoms with van der Waals surface area (Å²) < 4.78 is 5.83. The molecule has 2 fully saturated rings. The van der Waals surface area contributed by atoms with Gasteiger partial charge in [0.15, 0.2) is 5.76 Å². The van der Waals surface area contributed by atoms with Gasteiger partial charge in [-0.3, -0.25) is 14.5 Å². The Balaban J connectivity index is 1.35. The zero-order valence-corrected chi connectivity index (χ0v) is 16.8. The molecule has 6 nitrogen and oxygen atoms in total. The Bertz CT molecular complexity index is 867. The molecule has 2 aliphatic heterocycles. The summed E-state index contributed by atoms with van der Waals surface area (Å²) >= 11 is 0. The van der Waals surface area contributed by atoms with Crippen molar-refractivity contribution in [2.45, 2.75) is 39.2 Å². The lowest BCUT2D eigenvalue weighted by Gasteiger charge is -2.37. The molecule has 4 rings (SSSR count). The second-order valence-electron chi connectivity index (χ2n) is 8.05. The summed E-state index contributed by atoms with van der Waals surface area (Å²) in [7, 11) is 0. The molecule has 6 heteroatoms. The maximum absolute atomic E-state index is 12.9. The molecule has 3 heterocycles. The first-order valence-electron chi connectivity index (χ1n) is 10.3. The van der Waals surface area contributed by atoms with Gasteiger partial charge in [0.2, 0.25) is 5.91 Å². The van der Waals surface area contributed by atoms with Crippen molar-refractivity contribution in [3.63, 3.8) is 0 Å². The molecular formula is C22H29N3O3. The van der Waals surface area contributed by atoms with E-state index in [1.165, 1.54) is 6.42 Å². The van der Waals surface area contributed by atoms with E-state index in [1.54, 1.807) is 0 Å². The van der Waals surface area contributed by atoms with Crippen molar-refractivity contribution in [1.82, 2.24) is 14.7 Å². The van der Waals surface area contributed by atoms with Gasteiger partial charge in [-0.05, 0) is 39.2 Å². The highest BCUT2D eigenvalue weighted by molar-refractivity contribution is 5.99. The second kappa shape index (κ2) is 7.95. The van der Waals surface area contributed by atoms with Crippen LogP contribution in [0.4, 0.5) is 0 Å². The number of para-hydroxylation sites is 1. The summed E-state index contributed by atoms with van der Waals surface area (Å²) in [6.45, 7) is 8.10. The lowest BCUT2D eigenvalue weighted by atomic mass is 10.0. The number of carbonyl (C=O) groups excluding carboxylic acids is 2. The van der Waals surface area contributed by atoms with Crippen LogP contribution in [-0.4, -0.2) is 71.8 Å². The molecule has 150 valence electrons. The third-order valence-electron chi connectivity index (χ3n) is 6.18. The van der Waals surface area contributed by atoms with E-state index in [2.05, 4.69) is 11.8 Å². The number of likely N-dealkylation sites (tertiary alicyclic amines) is 1. The Morgan fingerprint density at radius 1 is 1.07 bits per heavy atom. The van der Waals surface area contributed by atoms with Crippen molar-refractivity contribution in [2.24, 2.45) is 0 Å². The average Bonchev–Trinajstić information content (AvgIpc) is 3.05. The van der Waals surface area contributed by atoms with E-state index in [4.69, 9.17) is 4.42 Å². The predicted octanol–water partition coefficient (Wildman–Crippen LogP) is 2.90. The van der Waals surface area contributed by atoms with Crippen LogP contribution in [0, 0.1) is 6.92 Å². The SMILES string of the molecule is Cc1c(C(=O)N2CCN(CC(=O)N3CCCCC3C)CC2)oc2ccccc12. The number of amides is 2. The number of rotatable bonds is 3. The van der Waals surface area contributed by atoms with E-state index in [9.17, 15) is 9.59 Å². The van der Waals surface area contributed by atoms with Gasteiger partial charge in [-0.1, -0.05) is 18.2 Å². The molecular weight excluding hydrogens is 354 g/mol. The van der Waals surface area contributed by atoms with Crippen LogP contribution >= 0.6 is 0 Å². The summed E-state index contributed by atoms with van der Waals surface area (Å²) in [6.07, 6.45) is 3.42. The topological polar surface area (TPSA) is 57.0 Å². The lowest BCUT2D eigenvalue weighted by Crippen LogP contribution is -2.53. The zero-order valence-electron chi connectivity index (χ0n) is 16.8. The van der Waals surface area contributed by atoms with Crippen molar-refractivity contribution in [1.29, 1.82) is 0 Å². The zero-order chi connectivity index (χ0) is 19.7. The minimum atomic E-state index is -0.0515. The minimum Gasteiger partial charge on any atom is -0.451 e. The monoisotopic (exact) mass is 383 g/mol. The summed E-state index contributed by atoms with van der Waals surface area (Å²) in [5.41, 5.74) is 1.65. The molecule has 2 amide bonds. The summed E-state index contributed by atoms with van der Waals surface area (Å²) in [4.78, 5) is 31.6. The van der Waals surface area contributed by atoms with E-state index < -0.39 is 0 Å². The van der Waals surface area contributed by atoms with Gasteiger partial charge in [-0.25, -0.2) is 0 Å². The molecule has 0 N–H and O–H groups in total. The Kier molecular flexibility index (Phi) is 5.40. The van der Waals surface area contributed by atoms with Crippen LogP contribution in [-0.2, 0) is 4.79 Å². The van der Waals surface area contributed by atoms with Crippen LogP contribution in [0.15, 0.2) is 28.7 Å². The maximum Gasteiger partial charge on any atom is 0.289 e. The second-order valence-corrected chi connectivity index (χ2v) is 8.05. The number of nitrogens with zero attached hydrogens (tertiary/aromatic N) is 3. The fraction of sp³-hybridized carbons (Fsp3) is 0.545. The number of piperazine rings is 1. The molecule has 2 aliphatic rings. The van der Waals surface area contributed by atoms with Crippen LogP contribution in [0.25, 0.3) is 11.0 Å². The van der Waals surface area contributed by atoms with Gasteiger partial charge in [0.05, 0.1) is 6.54 Å². The molecule has 1 aromatic heterocycles. The summed E-state index contributed by atoms with van der Waals surface area (Å²) in [5, 5.41) is 0.991. The summed E-state index contributed by atoms with van der Waals surface area (Å²) in [6, 6.07) is 8.09. The van der Waals surface area contributed by atoms with Crippen molar-refractivity contribution < 1.29 is 14.0 Å². The van der Waals surface area contributed by atoms with E-state index in [0.29, 0.717) is 31.4 Å². The number of carbonyl (C=O) groups is 2. The molecule has 0 saturated carbocycles. The minimum absolute atomic E-state index is 0.0515. The number of furan rings is 1. The fourth-order valence-corrected chi connectivity index (χ4v) is 4.38. The lowest BCUT2D eigenvalue weighted by molar-refractivity contribution is -0.136. The van der Waals surface area contributed by atoms with Crippen molar-refractivity contribution in [3.05, 3.63) is 35.6 Å². The molecule has 2 aromatic rings. The third kappa shape index (κ3) is 3.65. The predicted molar refractivity (Wildman–Crippen MR) is 108 cm³/mol. The average molecular weight is 383 g/mol. The number of aryl methyl sites for hydroxylation is 1. The Hall–Kier alpha value is -2.34. The Morgan fingerprint density at radius 3 is 2.54 bits per heavy atom. The van der Waals surface area contributed by atoms with Crippen molar-refractivity contribution in [2.75, 3.05) is 39.3 Å². The van der Waals surface area contributed by atoms with Gasteiger partial charge in [0.25, 0.3) is 5.91 Å². The first kappa shape index (κ1) is 19.0. The molecule has 0 bridgehead atoms. The first-order valence-corrected chi connectivity index (χ1v) is 10.3. The van der Waals surface area contributed by atoms with Crippen LogP contribution in [0.3, 0.4) is 0 Å². The number of hydrogen-bond acceptors (Lipinski definition) is 4. The molecule has 1 atom stereocenters. The standard InChI is InChI=1S/C22H29N3O3/c1-16-7-5-6-10-25(16)20(26)15-23-11-13-24(14-12-23)22(27)21-17(2)18-8-3-4-9-19(18)28-21/h3-4,8-9,16H,5-7,10-15H2,1-2H3. The number of benzene rings is 1. The van der Waals surface area contributed by atoms with E-state index in [1.807, 2.05) is 41.0 Å². The maximum atomic E-state index is 12.9. The van der Waals surface area contributed by atoms with Crippen LogP contribution in [0.1, 0.15) is 42.3 Å². The Labute approximate surface area is 166 Å². The van der Waals surface area contributed by atoms with Crippen LogP contribution < -0.4 is 0 Å². The van der Waals surface area contributed by atoms with Crippen LogP contribution in [0.2, 0.25) is 0 Å². The smallest absolute Gasteiger partial charge is 0.289 e. The van der Waals surface area contributed by atoms with Crippen molar-refractivity contribution >= 4 is 22.8 Å². The largest absolute Gasteiger partial charge is 0.451 e. The first-order chi connectivity index (χ1) is 13.5. The van der Waals surface area contributed by atoms with Gasteiger partial charge in [-0.2, -0.15) is 0 Å². The fourth-order valence-electron chi connectivity index (χ4n) is 4.38. The molecule has 0 aliphatic carbocycles. The molecule has 1 unspecified atom stereocenters. The quantitative estimate of drug-likeness (QED) is 0.818. The Morgan fingerprint density at radius 2 is 1.82 bits per heavy atom. The van der Waals surface area contributed by atoms with E-state index >= 15 is 0 Å². The number of fused-ring (bicyclic) bond motifs is 1. The molecule has 1 aromatic carbocycles.